The lowest BCUT2D eigenvalue weighted by atomic mass is 10.5. The van der Waals surface area contributed by atoms with Gasteiger partial charge in [0.25, 0.3) is 0 Å². The maximum atomic E-state index is 5.49. The van der Waals surface area contributed by atoms with E-state index in [0.29, 0.717) is 31.1 Å². The quantitative estimate of drug-likeness (QED) is 0.739. The minimum absolute atomic E-state index is 0.343. The second kappa shape index (κ2) is 8.14. The van der Waals surface area contributed by atoms with E-state index in [-0.39, 0.29) is 0 Å². The molecule has 21 heavy (non-hydrogen) atoms. The minimum atomic E-state index is 0.343. The fourth-order valence-corrected chi connectivity index (χ4v) is 2.97. The SMILES string of the molecule is CCCOc1nc(NCC)nc(NCc2sccc2Br)n1. The normalized spacial score (nSPS) is 10.4. The summed E-state index contributed by atoms with van der Waals surface area (Å²) in [6.45, 7) is 6.02. The molecule has 2 aromatic rings. The Morgan fingerprint density at radius 1 is 1.19 bits per heavy atom. The van der Waals surface area contributed by atoms with E-state index in [1.165, 1.54) is 4.88 Å². The van der Waals surface area contributed by atoms with Crippen LogP contribution in [-0.4, -0.2) is 28.1 Å². The zero-order chi connectivity index (χ0) is 15.1. The number of rotatable bonds is 8. The van der Waals surface area contributed by atoms with Crippen molar-refractivity contribution in [3.05, 3.63) is 20.8 Å². The Labute approximate surface area is 136 Å². The molecule has 2 heterocycles. The van der Waals surface area contributed by atoms with Crippen LogP contribution in [0.1, 0.15) is 25.1 Å². The van der Waals surface area contributed by atoms with Gasteiger partial charge in [-0.1, -0.05) is 6.92 Å². The van der Waals surface area contributed by atoms with E-state index in [1.807, 2.05) is 25.3 Å². The molecule has 114 valence electrons. The van der Waals surface area contributed by atoms with Crippen LogP contribution < -0.4 is 15.4 Å². The molecule has 6 nitrogen and oxygen atoms in total. The molecule has 0 fully saturated rings. The van der Waals surface area contributed by atoms with E-state index in [2.05, 4.69) is 41.5 Å². The molecule has 0 spiro atoms. The summed E-state index contributed by atoms with van der Waals surface area (Å²) in [5, 5.41) is 8.32. The van der Waals surface area contributed by atoms with Crippen LogP contribution in [0.3, 0.4) is 0 Å². The highest BCUT2D eigenvalue weighted by Crippen LogP contribution is 2.23. The highest BCUT2D eigenvalue weighted by atomic mass is 79.9. The fraction of sp³-hybridized carbons (Fsp3) is 0.462. The van der Waals surface area contributed by atoms with Gasteiger partial charge in [0.15, 0.2) is 0 Å². The predicted octanol–water partition coefficient (Wildman–Crippen LogP) is 3.53. The monoisotopic (exact) mass is 371 g/mol. The first-order valence-corrected chi connectivity index (χ1v) is 8.48. The second-order valence-electron chi connectivity index (χ2n) is 4.19. The Morgan fingerprint density at radius 3 is 2.57 bits per heavy atom. The topological polar surface area (TPSA) is 72.0 Å². The van der Waals surface area contributed by atoms with Gasteiger partial charge in [-0.2, -0.15) is 15.0 Å². The van der Waals surface area contributed by atoms with Crippen LogP contribution >= 0.6 is 27.3 Å². The van der Waals surface area contributed by atoms with Gasteiger partial charge < -0.3 is 15.4 Å². The third kappa shape index (κ3) is 4.82. The summed E-state index contributed by atoms with van der Waals surface area (Å²) in [6, 6.07) is 2.37. The summed E-state index contributed by atoms with van der Waals surface area (Å²) in [7, 11) is 0. The van der Waals surface area contributed by atoms with Crippen LogP contribution in [0.5, 0.6) is 6.01 Å². The van der Waals surface area contributed by atoms with Crippen molar-refractivity contribution in [1.29, 1.82) is 0 Å². The van der Waals surface area contributed by atoms with Crippen LogP contribution in [-0.2, 0) is 6.54 Å². The molecule has 0 amide bonds. The van der Waals surface area contributed by atoms with Crippen molar-refractivity contribution in [1.82, 2.24) is 15.0 Å². The summed E-state index contributed by atoms with van der Waals surface area (Å²) in [4.78, 5) is 14.0. The van der Waals surface area contributed by atoms with E-state index < -0.39 is 0 Å². The van der Waals surface area contributed by atoms with Crippen LogP contribution in [0, 0.1) is 0 Å². The largest absolute Gasteiger partial charge is 0.463 e. The van der Waals surface area contributed by atoms with Gasteiger partial charge in [-0.3, -0.25) is 0 Å². The Morgan fingerprint density at radius 2 is 1.95 bits per heavy atom. The maximum Gasteiger partial charge on any atom is 0.323 e. The van der Waals surface area contributed by atoms with Gasteiger partial charge >= 0.3 is 6.01 Å². The number of ether oxygens (including phenoxy) is 1. The van der Waals surface area contributed by atoms with Crippen molar-refractivity contribution in [2.24, 2.45) is 0 Å². The van der Waals surface area contributed by atoms with Crippen LogP contribution in [0.25, 0.3) is 0 Å². The maximum absolute atomic E-state index is 5.49. The Balaban J connectivity index is 2.09. The standard InChI is InChI=1S/C13H18BrN5OS/c1-3-6-20-13-18-11(15-4-2)17-12(19-13)16-8-10-9(14)5-7-21-10/h5,7H,3-4,6,8H2,1-2H3,(H2,15,16,17,18,19). The molecule has 0 saturated heterocycles. The molecule has 0 aromatic carbocycles. The third-order valence-corrected chi connectivity index (χ3v) is 4.41. The number of thiophene rings is 1. The average Bonchev–Trinajstić information content (AvgIpc) is 2.88. The number of nitrogens with zero attached hydrogens (tertiary/aromatic N) is 3. The van der Waals surface area contributed by atoms with Gasteiger partial charge in [0.1, 0.15) is 0 Å². The highest BCUT2D eigenvalue weighted by Gasteiger charge is 2.08. The fourth-order valence-electron chi connectivity index (χ4n) is 1.54. The number of aromatic nitrogens is 3. The molecule has 0 bridgehead atoms. The van der Waals surface area contributed by atoms with Crippen molar-refractivity contribution < 1.29 is 4.74 Å². The van der Waals surface area contributed by atoms with Crippen LogP contribution in [0.15, 0.2) is 15.9 Å². The first kappa shape index (κ1) is 16.0. The van der Waals surface area contributed by atoms with Crippen molar-refractivity contribution in [2.75, 3.05) is 23.8 Å². The van der Waals surface area contributed by atoms with Gasteiger partial charge in [0.05, 0.1) is 13.2 Å². The molecule has 0 aliphatic carbocycles. The van der Waals surface area contributed by atoms with Crippen molar-refractivity contribution in [2.45, 2.75) is 26.8 Å². The first-order valence-electron chi connectivity index (χ1n) is 6.81. The number of nitrogens with one attached hydrogen (secondary N) is 2. The van der Waals surface area contributed by atoms with E-state index in [0.717, 1.165) is 17.4 Å². The minimum Gasteiger partial charge on any atom is -0.463 e. The lowest BCUT2D eigenvalue weighted by molar-refractivity contribution is 0.292. The molecule has 2 aromatic heterocycles. The van der Waals surface area contributed by atoms with Gasteiger partial charge in [-0.25, -0.2) is 0 Å². The Kier molecular flexibility index (Phi) is 6.19. The number of hydrogen-bond donors (Lipinski definition) is 2. The van der Waals surface area contributed by atoms with Gasteiger partial charge in [0, 0.05) is 15.9 Å². The summed E-state index contributed by atoms with van der Waals surface area (Å²) >= 11 is 5.18. The Bertz CT molecular complexity index is 577. The summed E-state index contributed by atoms with van der Waals surface area (Å²) < 4.78 is 6.58. The molecule has 0 saturated carbocycles. The zero-order valence-corrected chi connectivity index (χ0v) is 14.4. The third-order valence-electron chi connectivity index (χ3n) is 2.48. The number of anilines is 2. The molecular formula is C13H18BrN5OS. The second-order valence-corrected chi connectivity index (χ2v) is 6.04. The molecule has 0 atom stereocenters. The van der Waals surface area contributed by atoms with Gasteiger partial charge in [-0.05, 0) is 40.7 Å². The number of hydrogen-bond acceptors (Lipinski definition) is 7. The van der Waals surface area contributed by atoms with Crippen LogP contribution in [0.2, 0.25) is 0 Å². The summed E-state index contributed by atoms with van der Waals surface area (Å²) in [5.74, 6) is 1.03. The number of halogens is 1. The van der Waals surface area contributed by atoms with E-state index in [1.54, 1.807) is 11.3 Å². The molecule has 0 radical (unpaired) electrons. The van der Waals surface area contributed by atoms with E-state index in [9.17, 15) is 0 Å². The summed E-state index contributed by atoms with van der Waals surface area (Å²) in [5.41, 5.74) is 0. The van der Waals surface area contributed by atoms with E-state index >= 15 is 0 Å². The molecule has 0 unspecified atom stereocenters. The zero-order valence-electron chi connectivity index (χ0n) is 12.0. The van der Waals surface area contributed by atoms with E-state index in [4.69, 9.17) is 4.74 Å². The molecule has 0 aliphatic heterocycles. The van der Waals surface area contributed by atoms with Crippen molar-refractivity contribution >= 4 is 39.2 Å². The van der Waals surface area contributed by atoms with Gasteiger partial charge in [-0.15, -0.1) is 11.3 Å². The lowest BCUT2D eigenvalue weighted by Gasteiger charge is -2.09. The van der Waals surface area contributed by atoms with Crippen molar-refractivity contribution in [3.8, 4) is 6.01 Å². The van der Waals surface area contributed by atoms with Crippen LogP contribution in [0.4, 0.5) is 11.9 Å². The predicted molar refractivity (Wildman–Crippen MR) is 89.1 cm³/mol. The first-order chi connectivity index (χ1) is 10.2. The molecular weight excluding hydrogens is 354 g/mol. The molecule has 2 N–H and O–H groups in total. The molecule has 2 rings (SSSR count). The Hall–Kier alpha value is -1.41. The lowest BCUT2D eigenvalue weighted by Crippen LogP contribution is -2.11. The molecule has 0 aliphatic rings. The van der Waals surface area contributed by atoms with Crippen molar-refractivity contribution in [3.63, 3.8) is 0 Å². The smallest absolute Gasteiger partial charge is 0.323 e. The molecule has 8 heteroatoms. The summed E-state index contributed by atoms with van der Waals surface area (Å²) in [6.07, 6.45) is 0.910. The average molecular weight is 372 g/mol. The van der Waals surface area contributed by atoms with Gasteiger partial charge in [0.2, 0.25) is 11.9 Å². The highest BCUT2D eigenvalue weighted by molar-refractivity contribution is 9.10.